The predicted molar refractivity (Wildman–Crippen MR) is 180 cm³/mol. The molecule has 47 heavy (non-hydrogen) atoms. The van der Waals surface area contributed by atoms with Gasteiger partial charge in [0.25, 0.3) is 0 Å². The van der Waals surface area contributed by atoms with Crippen molar-refractivity contribution in [2.24, 2.45) is 11.8 Å². The first kappa shape index (κ1) is 35.4. The van der Waals surface area contributed by atoms with E-state index in [1.165, 1.54) is 23.2 Å². The zero-order chi connectivity index (χ0) is 33.4. The van der Waals surface area contributed by atoms with Gasteiger partial charge in [-0.25, -0.2) is 13.2 Å². The van der Waals surface area contributed by atoms with Gasteiger partial charge < -0.3 is 40.6 Å². The van der Waals surface area contributed by atoms with E-state index in [0.717, 1.165) is 38.0 Å². The van der Waals surface area contributed by atoms with E-state index >= 15 is 0 Å². The van der Waals surface area contributed by atoms with Crippen molar-refractivity contribution in [2.75, 3.05) is 63.5 Å². The fraction of sp³-hybridized carbons (Fsp3) is 0.618. The van der Waals surface area contributed by atoms with Crippen LogP contribution in [0.1, 0.15) is 45.1 Å². The number of amides is 1. The average molecular weight is 674 g/mol. The van der Waals surface area contributed by atoms with E-state index in [1.807, 2.05) is 44.2 Å². The Hall–Kier alpha value is -2.94. The number of likely N-dealkylation sites (tertiary alicyclic amines) is 1. The minimum Gasteiger partial charge on any atom is -0.443 e. The summed E-state index contributed by atoms with van der Waals surface area (Å²) in [5.41, 5.74) is 8.14. The van der Waals surface area contributed by atoms with Crippen LogP contribution in [-0.4, -0.2) is 106 Å². The molecule has 2 aromatic carbocycles. The zero-order valence-corrected chi connectivity index (χ0v) is 28.4. The maximum Gasteiger partial charge on any atom is 0.407 e. The Balaban J connectivity index is 1.28. The van der Waals surface area contributed by atoms with E-state index in [4.69, 9.17) is 19.9 Å². The lowest BCUT2D eigenvalue weighted by Gasteiger charge is -2.31. The highest BCUT2D eigenvalue weighted by molar-refractivity contribution is 7.89. The second kappa shape index (κ2) is 16.4. The van der Waals surface area contributed by atoms with Crippen LogP contribution >= 0.6 is 0 Å². The van der Waals surface area contributed by atoms with Crippen molar-refractivity contribution in [2.45, 2.75) is 75.4 Å². The van der Waals surface area contributed by atoms with E-state index in [0.29, 0.717) is 24.5 Å². The van der Waals surface area contributed by atoms with Crippen LogP contribution in [0.2, 0.25) is 0 Å². The normalized spacial score (nSPS) is 22.8. The molecule has 12 nitrogen and oxygen atoms in total. The zero-order valence-electron chi connectivity index (χ0n) is 27.6. The Labute approximate surface area is 279 Å². The van der Waals surface area contributed by atoms with Crippen LogP contribution in [-0.2, 0) is 30.7 Å². The van der Waals surface area contributed by atoms with Gasteiger partial charge in [-0.05, 0) is 81.4 Å². The molecule has 0 bridgehead atoms. The molecule has 5 N–H and O–H groups in total. The summed E-state index contributed by atoms with van der Waals surface area (Å²) in [6, 6.07) is 13.3. The summed E-state index contributed by atoms with van der Waals surface area (Å²) >= 11 is 0. The van der Waals surface area contributed by atoms with Crippen molar-refractivity contribution in [1.29, 1.82) is 0 Å². The maximum absolute atomic E-state index is 14.1. The number of aliphatic hydroxyl groups excluding tert-OH is 1. The lowest BCUT2D eigenvalue weighted by atomic mass is 10.0. The molecule has 0 spiro atoms. The fourth-order valence-electron chi connectivity index (χ4n) is 6.57. The van der Waals surface area contributed by atoms with Gasteiger partial charge in [-0.3, -0.25) is 0 Å². The third-order valence-electron chi connectivity index (χ3n) is 9.10. The first-order valence-corrected chi connectivity index (χ1v) is 18.3. The molecule has 5 atom stereocenters. The van der Waals surface area contributed by atoms with Gasteiger partial charge in [-0.2, -0.15) is 4.31 Å². The van der Waals surface area contributed by atoms with Crippen LogP contribution in [0.3, 0.4) is 0 Å². The van der Waals surface area contributed by atoms with Gasteiger partial charge in [0.2, 0.25) is 10.0 Å². The summed E-state index contributed by atoms with van der Waals surface area (Å²) < 4.78 is 46.4. The molecular formula is C34H51N5O7S. The number of ether oxygens (including phenoxy) is 3. The van der Waals surface area contributed by atoms with Gasteiger partial charge in [-0.15, -0.1) is 0 Å². The largest absolute Gasteiger partial charge is 0.443 e. The quantitative estimate of drug-likeness (QED) is 0.154. The molecule has 3 aliphatic heterocycles. The van der Waals surface area contributed by atoms with Crippen LogP contribution in [0.4, 0.5) is 16.2 Å². The molecule has 3 saturated heterocycles. The summed E-state index contributed by atoms with van der Waals surface area (Å²) in [6.07, 6.45) is 1.65. The van der Waals surface area contributed by atoms with Crippen molar-refractivity contribution in [1.82, 2.24) is 14.5 Å². The van der Waals surface area contributed by atoms with Crippen molar-refractivity contribution in [3.63, 3.8) is 0 Å². The number of rotatable bonds is 16. The number of hydrogen-bond acceptors (Lipinski definition) is 10. The van der Waals surface area contributed by atoms with Crippen LogP contribution in [0.25, 0.3) is 0 Å². The highest BCUT2D eigenvalue weighted by Gasteiger charge is 2.44. The smallest absolute Gasteiger partial charge is 0.407 e. The summed E-state index contributed by atoms with van der Waals surface area (Å²) in [4.78, 5) is 15.7. The van der Waals surface area contributed by atoms with Crippen molar-refractivity contribution < 1.29 is 32.5 Å². The minimum atomic E-state index is -4.04. The highest BCUT2D eigenvalue weighted by Crippen LogP contribution is 2.33. The molecule has 0 aromatic heterocycles. The standard InChI is InChI=1S/C34H51N5O7S/c1-24(2)21-39(47(42,43)26-11-12-28(35)29(20-26)36-14-8-17-38-15-6-7-16-38)22-31(40)30(19-25-9-4-3-5-10-25)37-34(41)46-32-23-45-33-27(32)13-18-44-33/h3-5,9-12,20,24,27,30-33,36,40H,6-8,13-19,21-23,35H2,1-2H3,(H,37,41)/t27-,30-,31+,32-,33+/m0/s1. The Morgan fingerprint density at radius 2 is 1.89 bits per heavy atom. The number of nitrogens with two attached hydrogens (primary N) is 1. The lowest BCUT2D eigenvalue weighted by Crippen LogP contribution is -2.51. The molecular weight excluding hydrogens is 622 g/mol. The maximum atomic E-state index is 14.1. The van der Waals surface area contributed by atoms with Gasteiger partial charge in [0.05, 0.1) is 47.5 Å². The highest BCUT2D eigenvalue weighted by atomic mass is 32.2. The first-order chi connectivity index (χ1) is 22.6. The van der Waals surface area contributed by atoms with Crippen LogP contribution in [0.15, 0.2) is 53.4 Å². The summed E-state index contributed by atoms with van der Waals surface area (Å²) in [6.45, 7) is 8.49. The molecule has 260 valence electrons. The summed E-state index contributed by atoms with van der Waals surface area (Å²) in [7, 11) is -4.04. The van der Waals surface area contributed by atoms with E-state index in [9.17, 15) is 18.3 Å². The van der Waals surface area contributed by atoms with E-state index in [2.05, 4.69) is 15.5 Å². The molecule has 13 heteroatoms. The molecule has 0 unspecified atom stereocenters. The van der Waals surface area contributed by atoms with Gasteiger partial charge in [-0.1, -0.05) is 44.2 Å². The number of carbonyl (C=O) groups is 1. The second-order valence-corrected chi connectivity index (χ2v) is 15.2. The molecule has 0 radical (unpaired) electrons. The number of fused-ring (bicyclic) bond motifs is 1. The Bertz CT molecular complexity index is 1410. The number of anilines is 2. The van der Waals surface area contributed by atoms with Crippen molar-refractivity contribution in [3.05, 3.63) is 54.1 Å². The molecule has 0 saturated carbocycles. The Morgan fingerprint density at radius 1 is 1.13 bits per heavy atom. The van der Waals surface area contributed by atoms with Crippen LogP contribution in [0.5, 0.6) is 0 Å². The summed E-state index contributed by atoms with van der Waals surface area (Å²) in [5.74, 6) is -0.0577. The number of benzene rings is 2. The second-order valence-electron chi connectivity index (χ2n) is 13.3. The Morgan fingerprint density at radius 3 is 2.64 bits per heavy atom. The SMILES string of the molecule is CC(C)CN(C[C@@H](O)[C@H](Cc1ccccc1)NC(=O)O[C@H]1CO[C@H]2OCC[C@H]21)S(=O)(=O)c1ccc(N)c(NCCCN2CCCC2)c1. The fourth-order valence-corrected chi connectivity index (χ4v) is 8.21. The molecule has 3 fully saturated rings. The Kier molecular flexibility index (Phi) is 12.4. The molecule has 2 aromatic rings. The van der Waals surface area contributed by atoms with Crippen molar-refractivity contribution >= 4 is 27.5 Å². The lowest BCUT2D eigenvalue weighted by molar-refractivity contribution is -0.0907. The molecule has 0 aliphatic carbocycles. The number of hydrogen-bond donors (Lipinski definition) is 4. The summed E-state index contributed by atoms with van der Waals surface area (Å²) in [5, 5.41) is 17.7. The minimum absolute atomic E-state index is 0.0246. The topological polar surface area (TPSA) is 156 Å². The van der Waals surface area contributed by atoms with Crippen molar-refractivity contribution in [3.8, 4) is 0 Å². The number of sulfonamides is 1. The van der Waals surface area contributed by atoms with Gasteiger partial charge in [0.15, 0.2) is 6.29 Å². The number of nitrogen functional groups attached to an aromatic ring is 1. The van der Waals surface area contributed by atoms with E-state index in [1.54, 1.807) is 12.1 Å². The predicted octanol–water partition coefficient (Wildman–Crippen LogP) is 3.27. The van der Waals surface area contributed by atoms with E-state index < -0.39 is 34.4 Å². The van der Waals surface area contributed by atoms with Gasteiger partial charge in [0, 0.05) is 19.6 Å². The molecule has 3 heterocycles. The third kappa shape index (κ3) is 9.58. The third-order valence-corrected chi connectivity index (χ3v) is 10.9. The number of nitrogens with zero attached hydrogens (tertiary/aromatic N) is 2. The van der Waals surface area contributed by atoms with Gasteiger partial charge >= 0.3 is 6.09 Å². The average Bonchev–Trinajstić information content (AvgIpc) is 3.81. The van der Waals surface area contributed by atoms with Gasteiger partial charge in [0.1, 0.15) is 6.10 Å². The number of alkyl carbamates (subject to hydrolysis) is 1. The molecule has 1 amide bonds. The number of nitrogens with one attached hydrogen (secondary N) is 2. The number of aliphatic hydroxyl groups is 1. The molecule has 5 rings (SSSR count). The molecule has 3 aliphatic rings. The van der Waals surface area contributed by atoms with Crippen LogP contribution < -0.4 is 16.4 Å². The monoisotopic (exact) mass is 673 g/mol. The van der Waals surface area contributed by atoms with E-state index in [-0.39, 0.29) is 49.1 Å². The van der Waals surface area contributed by atoms with Crippen LogP contribution in [0, 0.1) is 11.8 Å². The number of carbonyl (C=O) groups excluding carboxylic acids is 1. The first-order valence-electron chi connectivity index (χ1n) is 16.9.